The SMILES string of the molecule is C/C(=N\S(=O)(=O)c1cn(C)c(C(=O)Nc2ccnc(C)c2)c1Cl)C(F)(F)F. The molecule has 0 spiro atoms. The number of aryl methyl sites for hydroxylation is 2. The summed E-state index contributed by atoms with van der Waals surface area (Å²) in [6.07, 6.45) is -2.52. The molecule has 0 atom stereocenters. The van der Waals surface area contributed by atoms with Crippen molar-refractivity contribution in [3.05, 3.63) is 40.9 Å². The van der Waals surface area contributed by atoms with Crippen LogP contribution in [0.2, 0.25) is 5.02 Å². The van der Waals surface area contributed by atoms with E-state index in [1.54, 1.807) is 13.0 Å². The minimum Gasteiger partial charge on any atom is -0.344 e. The molecule has 146 valence electrons. The lowest BCUT2D eigenvalue weighted by Crippen LogP contribution is -2.21. The maximum absolute atomic E-state index is 12.6. The molecule has 1 N–H and O–H groups in total. The Morgan fingerprint density at radius 1 is 1.37 bits per heavy atom. The predicted octanol–water partition coefficient (Wildman–Crippen LogP) is 3.35. The van der Waals surface area contributed by atoms with Gasteiger partial charge in [-0.25, -0.2) is 0 Å². The van der Waals surface area contributed by atoms with Gasteiger partial charge in [-0.2, -0.15) is 26.0 Å². The van der Waals surface area contributed by atoms with Gasteiger partial charge in [-0.3, -0.25) is 9.78 Å². The molecule has 0 radical (unpaired) electrons. The van der Waals surface area contributed by atoms with E-state index >= 15 is 0 Å². The highest BCUT2D eigenvalue weighted by molar-refractivity contribution is 7.90. The van der Waals surface area contributed by atoms with Crippen molar-refractivity contribution in [1.82, 2.24) is 9.55 Å². The summed E-state index contributed by atoms with van der Waals surface area (Å²) in [5.41, 5.74) is -0.781. The van der Waals surface area contributed by atoms with Crippen LogP contribution in [-0.4, -0.2) is 35.8 Å². The van der Waals surface area contributed by atoms with E-state index in [9.17, 15) is 26.4 Å². The van der Waals surface area contributed by atoms with Crippen molar-refractivity contribution < 1.29 is 26.4 Å². The van der Waals surface area contributed by atoms with E-state index in [4.69, 9.17) is 11.6 Å². The van der Waals surface area contributed by atoms with Crippen LogP contribution in [0.3, 0.4) is 0 Å². The van der Waals surface area contributed by atoms with E-state index in [2.05, 4.69) is 14.7 Å². The standard InChI is InChI=1S/C15H14ClF3N4O3S/c1-8-6-10(4-5-20-8)21-14(24)13-12(16)11(7-23(13)3)27(25,26)22-9(2)15(17,18)19/h4-7H,1-3H3,(H,20,21,24)/b22-9+. The largest absolute Gasteiger partial charge is 0.430 e. The molecule has 0 unspecified atom stereocenters. The molecule has 2 heterocycles. The Hall–Kier alpha value is -2.40. The van der Waals surface area contributed by atoms with Crippen LogP contribution < -0.4 is 5.32 Å². The summed E-state index contributed by atoms with van der Waals surface area (Å²) in [4.78, 5) is 15.7. The molecule has 0 aromatic carbocycles. The van der Waals surface area contributed by atoms with Gasteiger partial charge in [0.05, 0.1) is 5.02 Å². The van der Waals surface area contributed by atoms with Crippen molar-refractivity contribution in [2.24, 2.45) is 11.4 Å². The van der Waals surface area contributed by atoms with Gasteiger partial charge in [-0.05, 0) is 26.0 Å². The first-order valence-electron chi connectivity index (χ1n) is 7.30. The Labute approximate surface area is 157 Å². The van der Waals surface area contributed by atoms with Gasteiger partial charge in [0, 0.05) is 30.8 Å². The van der Waals surface area contributed by atoms with Gasteiger partial charge in [0.1, 0.15) is 16.3 Å². The normalized spacial score (nSPS) is 12.9. The zero-order valence-electron chi connectivity index (χ0n) is 14.3. The molecule has 1 amide bonds. The topological polar surface area (TPSA) is 93.4 Å². The van der Waals surface area contributed by atoms with Gasteiger partial charge in [0.25, 0.3) is 15.9 Å². The average molecular weight is 423 g/mol. The lowest BCUT2D eigenvalue weighted by Gasteiger charge is -2.07. The number of carbonyl (C=O) groups is 1. The molecule has 2 aromatic heterocycles. The molecule has 0 saturated heterocycles. The number of sulfonamides is 1. The summed E-state index contributed by atoms with van der Waals surface area (Å²) >= 11 is 5.98. The Bertz CT molecular complexity index is 1030. The van der Waals surface area contributed by atoms with Crippen molar-refractivity contribution >= 4 is 38.9 Å². The maximum Gasteiger partial charge on any atom is 0.430 e. The number of anilines is 1. The van der Waals surface area contributed by atoms with E-state index in [0.717, 1.165) is 10.8 Å². The van der Waals surface area contributed by atoms with Crippen LogP contribution in [0.4, 0.5) is 18.9 Å². The third-order valence-electron chi connectivity index (χ3n) is 3.40. The minimum absolute atomic E-state index is 0.246. The molecule has 2 rings (SSSR count). The highest BCUT2D eigenvalue weighted by Crippen LogP contribution is 2.30. The van der Waals surface area contributed by atoms with Crippen LogP contribution in [0.5, 0.6) is 0 Å². The first-order chi connectivity index (χ1) is 12.3. The molecule has 12 heteroatoms. The van der Waals surface area contributed by atoms with Crippen LogP contribution in [0.25, 0.3) is 0 Å². The number of amides is 1. The maximum atomic E-state index is 12.6. The van der Waals surface area contributed by atoms with Gasteiger partial charge in [0.15, 0.2) is 0 Å². The number of aromatic nitrogens is 2. The third-order valence-corrected chi connectivity index (χ3v) is 5.28. The van der Waals surface area contributed by atoms with Crippen LogP contribution in [0.1, 0.15) is 23.1 Å². The molecule has 0 bridgehead atoms. The van der Waals surface area contributed by atoms with Gasteiger partial charge in [-0.1, -0.05) is 11.6 Å². The zero-order chi connectivity index (χ0) is 20.6. The second kappa shape index (κ2) is 7.31. The summed E-state index contributed by atoms with van der Waals surface area (Å²) in [5.74, 6) is -0.744. The van der Waals surface area contributed by atoms with Crippen molar-refractivity contribution in [2.75, 3.05) is 5.32 Å². The third kappa shape index (κ3) is 4.66. The number of nitrogens with one attached hydrogen (secondary N) is 1. The Kier molecular flexibility index (Phi) is 5.66. The lowest BCUT2D eigenvalue weighted by atomic mass is 10.3. The van der Waals surface area contributed by atoms with Crippen LogP contribution >= 0.6 is 11.6 Å². The molecule has 0 aliphatic heterocycles. The summed E-state index contributed by atoms with van der Waals surface area (Å²) in [6.45, 7) is 2.23. The Morgan fingerprint density at radius 2 is 2.00 bits per heavy atom. The van der Waals surface area contributed by atoms with Crippen LogP contribution in [0, 0.1) is 6.92 Å². The van der Waals surface area contributed by atoms with E-state index in [1.165, 1.54) is 19.3 Å². The molecule has 2 aromatic rings. The number of hydrogen-bond donors (Lipinski definition) is 1. The molecular formula is C15H14ClF3N4O3S. The molecule has 27 heavy (non-hydrogen) atoms. The molecule has 0 saturated carbocycles. The number of halogens is 4. The number of alkyl halides is 3. The van der Waals surface area contributed by atoms with Crippen molar-refractivity contribution in [2.45, 2.75) is 24.9 Å². The van der Waals surface area contributed by atoms with E-state index in [0.29, 0.717) is 18.3 Å². The zero-order valence-corrected chi connectivity index (χ0v) is 15.9. The monoisotopic (exact) mass is 422 g/mol. The number of carbonyl (C=O) groups excluding carboxylic acids is 1. The first kappa shape index (κ1) is 20.9. The van der Waals surface area contributed by atoms with E-state index < -0.39 is 37.7 Å². The van der Waals surface area contributed by atoms with E-state index in [1.807, 2.05) is 0 Å². The number of hydrogen-bond acceptors (Lipinski definition) is 4. The fourth-order valence-corrected chi connectivity index (χ4v) is 3.84. The Balaban J connectivity index is 2.43. The number of rotatable bonds is 4. The Morgan fingerprint density at radius 3 is 2.56 bits per heavy atom. The molecule has 7 nitrogen and oxygen atoms in total. The van der Waals surface area contributed by atoms with Gasteiger partial charge < -0.3 is 9.88 Å². The van der Waals surface area contributed by atoms with Gasteiger partial charge >= 0.3 is 6.18 Å². The number of nitrogens with zero attached hydrogens (tertiary/aromatic N) is 3. The first-order valence-corrected chi connectivity index (χ1v) is 9.12. The van der Waals surface area contributed by atoms with Crippen LogP contribution in [-0.2, 0) is 17.1 Å². The number of pyridine rings is 1. The molecular weight excluding hydrogens is 409 g/mol. The smallest absolute Gasteiger partial charge is 0.344 e. The molecule has 0 aliphatic rings. The second-order valence-electron chi connectivity index (χ2n) is 5.56. The summed E-state index contributed by atoms with van der Waals surface area (Å²) in [5, 5.41) is 1.99. The molecule has 0 fully saturated rings. The fraction of sp³-hybridized carbons (Fsp3) is 0.267. The lowest BCUT2D eigenvalue weighted by molar-refractivity contribution is -0.0590. The summed E-state index contributed by atoms with van der Waals surface area (Å²) in [7, 11) is -3.43. The second-order valence-corrected chi connectivity index (χ2v) is 7.51. The highest BCUT2D eigenvalue weighted by atomic mass is 35.5. The fourth-order valence-electron chi connectivity index (χ4n) is 2.10. The van der Waals surface area contributed by atoms with Crippen LogP contribution in [0.15, 0.2) is 33.8 Å². The molecule has 0 aliphatic carbocycles. The average Bonchev–Trinajstić information content (AvgIpc) is 2.81. The highest BCUT2D eigenvalue weighted by Gasteiger charge is 2.35. The summed E-state index contributed by atoms with van der Waals surface area (Å²) < 4.78 is 65.9. The minimum atomic E-state index is -4.91. The van der Waals surface area contributed by atoms with Crippen molar-refractivity contribution in [3.63, 3.8) is 0 Å². The van der Waals surface area contributed by atoms with Crippen molar-refractivity contribution in [1.29, 1.82) is 0 Å². The van der Waals surface area contributed by atoms with Gasteiger partial charge in [-0.15, -0.1) is 0 Å². The van der Waals surface area contributed by atoms with Gasteiger partial charge in [0.2, 0.25) is 0 Å². The predicted molar refractivity (Wildman–Crippen MR) is 93.7 cm³/mol. The summed E-state index contributed by atoms with van der Waals surface area (Å²) in [6, 6.07) is 3.08. The van der Waals surface area contributed by atoms with Crippen molar-refractivity contribution in [3.8, 4) is 0 Å². The quantitative estimate of drug-likeness (QED) is 0.764. The van der Waals surface area contributed by atoms with E-state index in [-0.39, 0.29) is 5.69 Å².